The maximum absolute atomic E-state index is 11.9. The molecular weight excluding hydrogens is 306 g/mol. The fraction of sp³-hybridized carbons (Fsp3) is 0.588. The highest BCUT2D eigenvalue weighted by Gasteiger charge is 2.19. The molecule has 4 N–H and O–H groups in total. The minimum atomic E-state index is -0.162. The summed E-state index contributed by atoms with van der Waals surface area (Å²) < 4.78 is 0. The number of guanidine groups is 1. The Labute approximate surface area is 143 Å². The predicted molar refractivity (Wildman–Crippen MR) is 93.9 cm³/mol. The largest absolute Gasteiger partial charge is 0.393 e. The van der Waals surface area contributed by atoms with Crippen LogP contribution in [0, 0.1) is 0 Å². The van der Waals surface area contributed by atoms with Crippen LogP contribution in [0.4, 0.5) is 0 Å². The second-order valence-corrected chi connectivity index (χ2v) is 5.91. The first-order valence-corrected chi connectivity index (χ1v) is 8.60. The quantitative estimate of drug-likeness (QED) is 0.348. The lowest BCUT2D eigenvalue weighted by atomic mass is 9.93. The van der Waals surface area contributed by atoms with Gasteiger partial charge in [0.2, 0.25) is 0 Å². The number of hydrogen-bond donors (Lipinski definition) is 4. The number of nitrogens with zero attached hydrogens (tertiary/aromatic N) is 2. The highest BCUT2D eigenvalue weighted by atomic mass is 16.3. The van der Waals surface area contributed by atoms with Crippen LogP contribution in [0.5, 0.6) is 0 Å². The van der Waals surface area contributed by atoms with Crippen molar-refractivity contribution in [3.8, 4) is 0 Å². The van der Waals surface area contributed by atoms with Crippen LogP contribution in [0.3, 0.4) is 0 Å². The number of hydrogen-bond acceptors (Lipinski definition) is 4. The third-order valence-corrected chi connectivity index (χ3v) is 3.97. The third kappa shape index (κ3) is 6.16. The zero-order valence-corrected chi connectivity index (χ0v) is 14.2. The number of carbonyl (C=O) groups excluding carboxylic acids is 1. The lowest BCUT2D eigenvalue weighted by Gasteiger charge is -2.27. The van der Waals surface area contributed by atoms with Gasteiger partial charge >= 0.3 is 0 Å². The van der Waals surface area contributed by atoms with Gasteiger partial charge in [-0.15, -0.1) is 0 Å². The fourth-order valence-electron chi connectivity index (χ4n) is 2.67. The van der Waals surface area contributed by atoms with Crippen LogP contribution >= 0.6 is 0 Å². The maximum Gasteiger partial charge on any atom is 0.252 e. The lowest BCUT2D eigenvalue weighted by molar-refractivity contribution is 0.0954. The van der Waals surface area contributed by atoms with E-state index >= 15 is 0 Å². The van der Waals surface area contributed by atoms with E-state index in [1.807, 2.05) is 6.92 Å². The maximum atomic E-state index is 11.9. The molecule has 132 valence electrons. The van der Waals surface area contributed by atoms with Gasteiger partial charge in [0.1, 0.15) is 0 Å². The summed E-state index contributed by atoms with van der Waals surface area (Å²) in [5.41, 5.74) is 0.548. The topological polar surface area (TPSA) is 98.6 Å². The molecule has 0 radical (unpaired) electrons. The van der Waals surface area contributed by atoms with Gasteiger partial charge in [-0.3, -0.25) is 14.8 Å². The molecule has 0 aromatic carbocycles. The van der Waals surface area contributed by atoms with Crippen LogP contribution in [-0.2, 0) is 0 Å². The summed E-state index contributed by atoms with van der Waals surface area (Å²) in [5, 5.41) is 19.0. The van der Waals surface area contributed by atoms with Crippen molar-refractivity contribution >= 4 is 11.9 Å². The predicted octanol–water partition coefficient (Wildman–Crippen LogP) is 0.670. The second kappa shape index (κ2) is 9.87. The van der Waals surface area contributed by atoms with Crippen molar-refractivity contribution < 1.29 is 9.90 Å². The number of pyridine rings is 1. The number of rotatable bonds is 6. The van der Waals surface area contributed by atoms with Gasteiger partial charge in [0.25, 0.3) is 5.91 Å². The summed E-state index contributed by atoms with van der Waals surface area (Å²) in [6.07, 6.45) is 6.58. The smallest absolute Gasteiger partial charge is 0.252 e. The van der Waals surface area contributed by atoms with Crippen LogP contribution < -0.4 is 16.0 Å². The Morgan fingerprint density at radius 1 is 1.33 bits per heavy atom. The number of aliphatic hydroxyl groups excluding tert-OH is 1. The van der Waals surface area contributed by atoms with Gasteiger partial charge in [0.05, 0.1) is 18.2 Å². The molecule has 1 aliphatic rings. The molecule has 24 heavy (non-hydrogen) atoms. The van der Waals surface area contributed by atoms with Crippen molar-refractivity contribution in [1.29, 1.82) is 0 Å². The van der Waals surface area contributed by atoms with E-state index in [1.54, 1.807) is 24.5 Å². The first-order chi connectivity index (χ1) is 11.7. The Morgan fingerprint density at radius 3 is 2.79 bits per heavy atom. The zero-order chi connectivity index (χ0) is 17.2. The molecule has 0 unspecified atom stereocenters. The summed E-state index contributed by atoms with van der Waals surface area (Å²) in [6, 6.07) is 3.81. The molecule has 2 rings (SSSR count). The Morgan fingerprint density at radius 2 is 2.12 bits per heavy atom. The van der Waals surface area contributed by atoms with Crippen LogP contribution in [0.1, 0.15) is 43.0 Å². The summed E-state index contributed by atoms with van der Waals surface area (Å²) in [5.74, 6) is 0.618. The molecule has 0 saturated heterocycles. The molecule has 1 aliphatic carbocycles. The minimum absolute atomic E-state index is 0.141. The summed E-state index contributed by atoms with van der Waals surface area (Å²) in [4.78, 5) is 20.3. The second-order valence-electron chi connectivity index (χ2n) is 5.91. The Balaban J connectivity index is 1.75. The van der Waals surface area contributed by atoms with Gasteiger partial charge < -0.3 is 21.1 Å². The number of aliphatic hydroxyl groups is 1. The SMILES string of the molecule is CCNC(=NCCNC(=O)c1cccnc1)NC1CCC(O)CC1. The van der Waals surface area contributed by atoms with E-state index in [0.717, 1.165) is 38.2 Å². The van der Waals surface area contributed by atoms with Crippen LogP contribution in [-0.4, -0.2) is 53.7 Å². The molecular formula is C17H27N5O2. The Bertz CT molecular complexity index is 527. The third-order valence-electron chi connectivity index (χ3n) is 3.97. The molecule has 0 spiro atoms. The zero-order valence-electron chi connectivity index (χ0n) is 14.2. The van der Waals surface area contributed by atoms with Crippen molar-refractivity contribution in [2.45, 2.75) is 44.8 Å². The van der Waals surface area contributed by atoms with Gasteiger partial charge in [-0.25, -0.2) is 0 Å². The first-order valence-electron chi connectivity index (χ1n) is 8.60. The van der Waals surface area contributed by atoms with Gasteiger partial charge in [-0.05, 0) is 44.7 Å². The van der Waals surface area contributed by atoms with E-state index < -0.39 is 0 Å². The molecule has 7 nitrogen and oxygen atoms in total. The van der Waals surface area contributed by atoms with E-state index in [0.29, 0.717) is 24.7 Å². The van der Waals surface area contributed by atoms with Crippen LogP contribution in [0.15, 0.2) is 29.5 Å². The van der Waals surface area contributed by atoms with Crippen molar-refractivity contribution in [2.24, 2.45) is 4.99 Å². The van der Waals surface area contributed by atoms with E-state index in [-0.39, 0.29) is 12.0 Å². The average molecular weight is 333 g/mol. The number of amides is 1. The lowest BCUT2D eigenvalue weighted by Crippen LogP contribution is -2.45. The first kappa shape index (κ1) is 18.2. The molecule has 0 atom stereocenters. The van der Waals surface area contributed by atoms with E-state index in [2.05, 4.69) is 25.9 Å². The van der Waals surface area contributed by atoms with E-state index in [9.17, 15) is 9.90 Å². The van der Waals surface area contributed by atoms with Gasteiger partial charge in [-0.2, -0.15) is 0 Å². The van der Waals surface area contributed by atoms with Gasteiger partial charge in [-0.1, -0.05) is 0 Å². The molecule has 1 aromatic heterocycles. The Hall–Kier alpha value is -2.15. The molecule has 1 saturated carbocycles. The number of nitrogens with one attached hydrogen (secondary N) is 3. The van der Waals surface area contributed by atoms with Crippen molar-refractivity contribution in [1.82, 2.24) is 20.9 Å². The van der Waals surface area contributed by atoms with E-state index in [4.69, 9.17) is 0 Å². The Kier molecular flexibility index (Phi) is 7.48. The number of aromatic nitrogens is 1. The molecule has 1 amide bonds. The monoisotopic (exact) mass is 333 g/mol. The summed E-state index contributed by atoms with van der Waals surface area (Å²) >= 11 is 0. The van der Waals surface area contributed by atoms with Crippen molar-refractivity contribution in [3.63, 3.8) is 0 Å². The highest BCUT2D eigenvalue weighted by molar-refractivity contribution is 5.93. The minimum Gasteiger partial charge on any atom is -0.393 e. The molecule has 1 fully saturated rings. The van der Waals surface area contributed by atoms with Crippen LogP contribution in [0.25, 0.3) is 0 Å². The molecule has 0 aliphatic heterocycles. The molecule has 0 bridgehead atoms. The van der Waals surface area contributed by atoms with Crippen molar-refractivity contribution in [2.75, 3.05) is 19.6 Å². The van der Waals surface area contributed by atoms with E-state index in [1.165, 1.54) is 0 Å². The molecule has 1 aromatic rings. The normalized spacial score (nSPS) is 21.2. The van der Waals surface area contributed by atoms with Gasteiger partial charge in [0.15, 0.2) is 5.96 Å². The molecule has 1 heterocycles. The van der Waals surface area contributed by atoms with Crippen LogP contribution in [0.2, 0.25) is 0 Å². The summed E-state index contributed by atoms with van der Waals surface area (Å²) in [7, 11) is 0. The van der Waals surface area contributed by atoms with Crippen molar-refractivity contribution in [3.05, 3.63) is 30.1 Å². The number of carbonyl (C=O) groups is 1. The van der Waals surface area contributed by atoms with Gasteiger partial charge in [0, 0.05) is 31.5 Å². The standard InChI is InChI=1S/C17H27N5O2/c1-2-19-17(22-14-5-7-15(23)8-6-14)21-11-10-20-16(24)13-4-3-9-18-12-13/h3-4,9,12,14-15,23H,2,5-8,10-11H2,1H3,(H,20,24)(H2,19,21,22). The highest BCUT2D eigenvalue weighted by Crippen LogP contribution is 2.18. The summed E-state index contributed by atoms with van der Waals surface area (Å²) in [6.45, 7) is 3.76. The number of aliphatic imine (C=N–C) groups is 1. The fourth-order valence-corrected chi connectivity index (χ4v) is 2.67. The molecule has 7 heteroatoms. The average Bonchev–Trinajstić information content (AvgIpc) is 2.61.